The maximum absolute atomic E-state index is 8.93. The fourth-order valence-corrected chi connectivity index (χ4v) is 1.76. The van der Waals surface area contributed by atoms with Crippen LogP contribution in [0.3, 0.4) is 0 Å². The van der Waals surface area contributed by atoms with Crippen molar-refractivity contribution >= 4 is 0 Å². The van der Waals surface area contributed by atoms with Crippen molar-refractivity contribution in [2.75, 3.05) is 6.54 Å². The lowest BCUT2D eigenvalue weighted by atomic mass is 10.0. The van der Waals surface area contributed by atoms with E-state index in [0.717, 1.165) is 24.6 Å². The molecule has 0 aliphatic carbocycles. The molecule has 90 valence electrons. The van der Waals surface area contributed by atoms with E-state index in [1.165, 1.54) is 18.4 Å². The maximum atomic E-state index is 8.93. The largest absolute Gasteiger partial charge is 0.392 e. The van der Waals surface area contributed by atoms with Crippen LogP contribution in [0.5, 0.6) is 0 Å². The minimum Gasteiger partial charge on any atom is -0.392 e. The van der Waals surface area contributed by atoms with E-state index in [1.54, 1.807) is 0 Å². The summed E-state index contributed by atoms with van der Waals surface area (Å²) in [5.74, 6) is 0.789. The van der Waals surface area contributed by atoms with Gasteiger partial charge in [-0.15, -0.1) is 0 Å². The van der Waals surface area contributed by atoms with Gasteiger partial charge in [-0.2, -0.15) is 0 Å². The molecule has 16 heavy (non-hydrogen) atoms. The fraction of sp³-hybridized carbons (Fsp3) is 0.571. The van der Waals surface area contributed by atoms with Crippen molar-refractivity contribution in [2.24, 2.45) is 5.92 Å². The number of aliphatic hydroxyl groups excluding tert-OH is 1. The highest BCUT2D eigenvalue weighted by molar-refractivity contribution is 5.21. The monoisotopic (exact) mass is 221 g/mol. The molecule has 0 spiro atoms. The average Bonchev–Trinajstić information content (AvgIpc) is 2.35. The highest BCUT2D eigenvalue weighted by Gasteiger charge is 2.02. The van der Waals surface area contributed by atoms with Gasteiger partial charge in [-0.25, -0.2) is 0 Å². The van der Waals surface area contributed by atoms with Gasteiger partial charge in [0.25, 0.3) is 0 Å². The maximum Gasteiger partial charge on any atom is 0.0681 e. The molecule has 0 saturated heterocycles. The van der Waals surface area contributed by atoms with E-state index in [1.807, 2.05) is 12.1 Å². The first-order valence-electron chi connectivity index (χ1n) is 6.19. The van der Waals surface area contributed by atoms with E-state index in [9.17, 15) is 0 Å². The summed E-state index contributed by atoms with van der Waals surface area (Å²) in [6.45, 7) is 6.62. The number of aliphatic hydroxyl groups is 1. The molecule has 1 aromatic rings. The Bertz CT molecular complexity index is 277. The zero-order valence-electron chi connectivity index (χ0n) is 10.4. The van der Waals surface area contributed by atoms with Gasteiger partial charge >= 0.3 is 0 Å². The lowest BCUT2D eigenvalue weighted by Crippen LogP contribution is -2.21. The summed E-state index contributed by atoms with van der Waals surface area (Å²) >= 11 is 0. The Morgan fingerprint density at radius 3 is 2.12 bits per heavy atom. The molecule has 0 saturated carbocycles. The van der Waals surface area contributed by atoms with E-state index < -0.39 is 0 Å². The first kappa shape index (κ1) is 13.2. The predicted molar refractivity (Wildman–Crippen MR) is 68.1 cm³/mol. The molecular formula is C14H23NO. The van der Waals surface area contributed by atoms with Crippen LogP contribution < -0.4 is 5.32 Å². The van der Waals surface area contributed by atoms with Crippen LogP contribution >= 0.6 is 0 Å². The number of nitrogens with one attached hydrogen (secondary N) is 1. The van der Waals surface area contributed by atoms with E-state index in [0.29, 0.717) is 0 Å². The van der Waals surface area contributed by atoms with Crippen LogP contribution in [0.1, 0.15) is 37.8 Å². The molecule has 1 aromatic carbocycles. The molecular weight excluding hydrogens is 198 g/mol. The van der Waals surface area contributed by atoms with Gasteiger partial charge in [0.15, 0.2) is 0 Å². The second-order valence-electron chi connectivity index (χ2n) is 4.29. The summed E-state index contributed by atoms with van der Waals surface area (Å²) in [4.78, 5) is 0. The zero-order chi connectivity index (χ0) is 11.8. The Morgan fingerprint density at radius 2 is 1.62 bits per heavy atom. The molecule has 0 bridgehead atoms. The SMILES string of the molecule is CCC(CC)CNCc1ccc(CO)cc1. The Kier molecular flexibility index (Phi) is 6.12. The van der Waals surface area contributed by atoms with Crippen molar-refractivity contribution in [1.29, 1.82) is 0 Å². The first-order chi connectivity index (χ1) is 7.80. The van der Waals surface area contributed by atoms with Crippen molar-refractivity contribution in [2.45, 2.75) is 39.8 Å². The van der Waals surface area contributed by atoms with Crippen molar-refractivity contribution in [1.82, 2.24) is 5.32 Å². The van der Waals surface area contributed by atoms with Crippen LogP contribution in [0.4, 0.5) is 0 Å². The van der Waals surface area contributed by atoms with E-state index in [2.05, 4.69) is 31.3 Å². The molecule has 2 heteroatoms. The van der Waals surface area contributed by atoms with Crippen molar-refractivity contribution in [3.63, 3.8) is 0 Å². The Balaban J connectivity index is 2.31. The van der Waals surface area contributed by atoms with Crippen LogP contribution in [0.15, 0.2) is 24.3 Å². The lowest BCUT2D eigenvalue weighted by Gasteiger charge is -2.13. The third-order valence-corrected chi connectivity index (χ3v) is 3.12. The molecule has 2 nitrogen and oxygen atoms in total. The van der Waals surface area contributed by atoms with Crippen LogP contribution in [0.2, 0.25) is 0 Å². The first-order valence-corrected chi connectivity index (χ1v) is 6.19. The number of benzene rings is 1. The molecule has 0 unspecified atom stereocenters. The molecule has 1 rings (SSSR count). The lowest BCUT2D eigenvalue weighted by molar-refractivity contribution is 0.282. The van der Waals surface area contributed by atoms with E-state index >= 15 is 0 Å². The van der Waals surface area contributed by atoms with E-state index in [-0.39, 0.29) is 6.61 Å². The molecule has 0 amide bonds. The van der Waals surface area contributed by atoms with Gasteiger partial charge in [0.1, 0.15) is 0 Å². The van der Waals surface area contributed by atoms with Gasteiger partial charge in [0, 0.05) is 6.54 Å². The third kappa shape index (κ3) is 4.33. The molecule has 2 N–H and O–H groups in total. The highest BCUT2D eigenvalue weighted by atomic mass is 16.3. The quantitative estimate of drug-likeness (QED) is 0.742. The van der Waals surface area contributed by atoms with Gasteiger partial charge in [0.2, 0.25) is 0 Å². The number of rotatable bonds is 7. The predicted octanol–water partition coefficient (Wildman–Crippen LogP) is 2.70. The third-order valence-electron chi connectivity index (χ3n) is 3.12. The second-order valence-corrected chi connectivity index (χ2v) is 4.29. The van der Waals surface area contributed by atoms with Gasteiger partial charge in [-0.3, -0.25) is 0 Å². The fourth-order valence-electron chi connectivity index (χ4n) is 1.76. The van der Waals surface area contributed by atoms with Gasteiger partial charge < -0.3 is 10.4 Å². The summed E-state index contributed by atoms with van der Waals surface area (Å²) < 4.78 is 0. The van der Waals surface area contributed by atoms with Crippen LogP contribution in [-0.4, -0.2) is 11.7 Å². The second kappa shape index (κ2) is 7.42. The molecule has 0 atom stereocenters. The van der Waals surface area contributed by atoms with Gasteiger partial charge in [0.05, 0.1) is 6.61 Å². The van der Waals surface area contributed by atoms with Crippen molar-refractivity contribution in [3.8, 4) is 0 Å². The van der Waals surface area contributed by atoms with Crippen molar-refractivity contribution < 1.29 is 5.11 Å². The van der Waals surface area contributed by atoms with Gasteiger partial charge in [-0.1, -0.05) is 51.0 Å². The molecule has 0 aromatic heterocycles. The zero-order valence-corrected chi connectivity index (χ0v) is 10.4. The topological polar surface area (TPSA) is 32.3 Å². The normalized spacial score (nSPS) is 11.0. The van der Waals surface area contributed by atoms with Crippen LogP contribution in [0.25, 0.3) is 0 Å². The number of hydrogen-bond donors (Lipinski definition) is 2. The Hall–Kier alpha value is -0.860. The highest BCUT2D eigenvalue weighted by Crippen LogP contribution is 2.07. The minimum atomic E-state index is 0.126. The van der Waals surface area contributed by atoms with E-state index in [4.69, 9.17) is 5.11 Å². The van der Waals surface area contributed by atoms with Gasteiger partial charge in [-0.05, 0) is 23.6 Å². The Morgan fingerprint density at radius 1 is 1.06 bits per heavy atom. The van der Waals surface area contributed by atoms with Crippen molar-refractivity contribution in [3.05, 3.63) is 35.4 Å². The van der Waals surface area contributed by atoms with Crippen LogP contribution in [0, 0.1) is 5.92 Å². The average molecular weight is 221 g/mol. The molecule has 0 radical (unpaired) electrons. The molecule has 0 aliphatic heterocycles. The molecule has 0 aliphatic rings. The van der Waals surface area contributed by atoms with Crippen LogP contribution in [-0.2, 0) is 13.2 Å². The summed E-state index contributed by atoms with van der Waals surface area (Å²) in [7, 11) is 0. The Labute approximate surface area is 98.7 Å². The minimum absolute atomic E-state index is 0.126. The summed E-state index contributed by atoms with van der Waals surface area (Å²) in [5, 5.41) is 12.4. The number of hydrogen-bond acceptors (Lipinski definition) is 2. The molecule has 0 fully saturated rings. The summed E-state index contributed by atoms with van der Waals surface area (Å²) in [5.41, 5.74) is 2.26. The standard InChI is InChI=1S/C14H23NO/c1-3-12(4-2)9-15-10-13-5-7-14(11-16)8-6-13/h5-8,12,15-16H,3-4,9-11H2,1-2H3. The molecule has 0 heterocycles. The summed E-state index contributed by atoms with van der Waals surface area (Å²) in [6.07, 6.45) is 2.49. The summed E-state index contributed by atoms with van der Waals surface area (Å²) in [6, 6.07) is 8.11. The smallest absolute Gasteiger partial charge is 0.0681 e.